The lowest BCUT2D eigenvalue weighted by atomic mass is 9.90. The molecule has 1 saturated carbocycles. The standard InChI is InChI=1S/C32H36N10OS/c1-41-19-26(18-38-41)24-7-12-29(34-16-24)42(32(43)37-14-22-5-3-2-4-6-22)28-10-8-27(9-11-28)39-31-36-17-25(13-33)30(40-31)35-15-23-20-44-21-23/h2-7,12,16-19,23,27-28H,8-11,14-15,20-21H2,1H3,(H,37,43)(H2,35,36,39,40). The van der Waals surface area contributed by atoms with Gasteiger partial charge in [-0.15, -0.1) is 0 Å². The van der Waals surface area contributed by atoms with E-state index in [1.54, 1.807) is 23.3 Å². The van der Waals surface area contributed by atoms with E-state index < -0.39 is 0 Å². The van der Waals surface area contributed by atoms with Crippen molar-refractivity contribution >= 4 is 35.4 Å². The summed E-state index contributed by atoms with van der Waals surface area (Å²) in [5.74, 6) is 4.61. The van der Waals surface area contributed by atoms with Crippen LogP contribution >= 0.6 is 11.8 Å². The Morgan fingerprint density at radius 1 is 1.05 bits per heavy atom. The van der Waals surface area contributed by atoms with Crippen LogP contribution in [0.5, 0.6) is 0 Å². The van der Waals surface area contributed by atoms with Crippen LogP contribution in [0.4, 0.5) is 22.4 Å². The molecule has 6 rings (SSSR count). The number of nitriles is 1. The molecule has 226 valence electrons. The fraction of sp³-hybridized carbons (Fsp3) is 0.375. The van der Waals surface area contributed by atoms with Crippen molar-refractivity contribution in [3.63, 3.8) is 0 Å². The average Bonchev–Trinajstić information content (AvgIpc) is 3.47. The summed E-state index contributed by atoms with van der Waals surface area (Å²) in [7, 11) is 1.88. The molecule has 2 aliphatic rings. The molecule has 0 radical (unpaired) electrons. The Balaban J connectivity index is 1.13. The van der Waals surface area contributed by atoms with Gasteiger partial charge in [-0.1, -0.05) is 30.3 Å². The van der Waals surface area contributed by atoms with Gasteiger partial charge in [-0.05, 0) is 60.8 Å². The molecule has 12 heteroatoms. The highest BCUT2D eigenvalue weighted by atomic mass is 32.2. The van der Waals surface area contributed by atoms with Gasteiger partial charge in [0.15, 0.2) is 0 Å². The summed E-state index contributed by atoms with van der Waals surface area (Å²) in [5, 5.41) is 23.7. The molecule has 2 fully saturated rings. The molecule has 1 aliphatic heterocycles. The number of hydrogen-bond donors (Lipinski definition) is 3. The average molecular weight is 609 g/mol. The van der Waals surface area contributed by atoms with Crippen molar-refractivity contribution in [2.24, 2.45) is 13.0 Å². The van der Waals surface area contributed by atoms with E-state index in [4.69, 9.17) is 4.98 Å². The van der Waals surface area contributed by atoms with Gasteiger partial charge in [0.05, 0.1) is 12.4 Å². The van der Waals surface area contributed by atoms with Gasteiger partial charge in [0.2, 0.25) is 5.95 Å². The van der Waals surface area contributed by atoms with Crippen molar-refractivity contribution < 1.29 is 4.79 Å². The van der Waals surface area contributed by atoms with Gasteiger partial charge in [-0.3, -0.25) is 9.58 Å². The van der Waals surface area contributed by atoms with Gasteiger partial charge in [0.1, 0.15) is 23.3 Å². The predicted octanol–water partition coefficient (Wildman–Crippen LogP) is 5.06. The molecule has 3 N–H and O–H groups in total. The van der Waals surface area contributed by atoms with E-state index in [-0.39, 0.29) is 18.1 Å². The number of thioether (sulfide) groups is 1. The predicted molar refractivity (Wildman–Crippen MR) is 173 cm³/mol. The van der Waals surface area contributed by atoms with E-state index >= 15 is 0 Å². The fourth-order valence-corrected chi connectivity index (χ4v) is 6.36. The Hall–Kier alpha value is -4.63. The Morgan fingerprint density at radius 3 is 2.52 bits per heavy atom. The summed E-state index contributed by atoms with van der Waals surface area (Å²) >= 11 is 1.94. The first kappa shape index (κ1) is 29.4. The topological polar surface area (TPSA) is 137 Å². The Kier molecular flexibility index (Phi) is 9.22. The molecule has 0 spiro atoms. The van der Waals surface area contributed by atoms with Crippen molar-refractivity contribution in [2.45, 2.75) is 44.3 Å². The van der Waals surface area contributed by atoms with Gasteiger partial charge in [0, 0.05) is 55.7 Å². The van der Waals surface area contributed by atoms with Crippen LogP contribution in [0.15, 0.2) is 67.3 Å². The van der Waals surface area contributed by atoms with Gasteiger partial charge < -0.3 is 16.0 Å². The van der Waals surface area contributed by atoms with Crippen molar-refractivity contribution in [1.82, 2.24) is 30.0 Å². The van der Waals surface area contributed by atoms with Crippen LogP contribution in [0.3, 0.4) is 0 Å². The lowest BCUT2D eigenvalue weighted by Crippen LogP contribution is -2.49. The zero-order chi connectivity index (χ0) is 30.3. The maximum absolute atomic E-state index is 13.7. The molecule has 4 aromatic rings. The van der Waals surface area contributed by atoms with E-state index in [1.807, 2.05) is 72.4 Å². The molecule has 2 amide bonds. The van der Waals surface area contributed by atoms with Gasteiger partial charge in [-0.25, -0.2) is 14.8 Å². The number of amides is 2. The molecular formula is C32H36N10OS. The molecule has 1 aliphatic carbocycles. The highest BCUT2D eigenvalue weighted by Crippen LogP contribution is 2.30. The second-order valence-corrected chi connectivity index (χ2v) is 12.4. The van der Waals surface area contributed by atoms with Crippen molar-refractivity contribution in [2.75, 3.05) is 33.6 Å². The quantitative estimate of drug-likeness (QED) is 0.226. The Bertz CT molecular complexity index is 1590. The van der Waals surface area contributed by atoms with E-state index in [1.165, 1.54) is 0 Å². The minimum Gasteiger partial charge on any atom is -0.368 e. The number of carbonyl (C=O) groups excluding carboxylic acids is 1. The zero-order valence-corrected chi connectivity index (χ0v) is 25.5. The molecule has 44 heavy (non-hydrogen) atoms. The SMILES string of the molecule is Cn1cc(-c2ccc(N(C(=O)NCc3ccccc3)C3CCC(Nc4ncc(C#N)c(NCC5CSC5)n4)CC3)nc2)cn1. The Morgan fingerprint density at radius 2 is 1.86 bits per heavy atom. The second kappa shape index (κ2) is 13.8. The van der Waals surface area contributed by atoms with Gasteiger partial charge in [0.25, 0.3) is 0 Å². The maximum atomic E-state index is 13.7. The van der Waals surface area contributed by atoms with E-state index in [9.17, 15) is 10.1 Å². The fourth-order valence-electron chi connectivity index (χ4n) is 5.56. The number of pyridine rings is 1. The minimum atomic E-state index is -0.164. The maximum Gasteiger partial charge on any atom is 0.323 e. The van der Waals surface area contributed by atoms with Gasteiger partial charge in [-0.2, -0.15) is 27.1 Å². The summed E-state index contributed by atoms with van der Waals surface area (Å²) in [5.41, 5.74) is 3.41. The third-order valence-electron chi connectivity index (χ3n) is 8.11. The third kappa shape index (κ3) is 7.11. The first-order valence-corrected chi connectivity index (χ1v) is 16.1. The Labute approximate surface area is 261 Å². The monoisotopic (exact) mass is 608 g/mol. The molecule has 3 aromatic heterocycles. The number of benzene rings is 1. The number of aromatic nitrogens is 5. The molecule has 0 bridgehead atoms. The lowest BCUT2D eigenvalue weighted by molar-refractivity contribution is 0.240. The number of nitrogens with one attached hydrogen (secondary N) is 3. The number of anilines is 3. The molecular weight excluding hydrogens is 572 g/mol. The van der Waals surface area contributed by atoms with E-state index in [0.717, 1.165) is 60.4 Å². The van der Waals surface area contributed by atoms with E-state index in [0.29, 0.717) is 35.6 Å². The summed E-state index contributed by atoms with van der Waals surface area (Å²) in [6.07, 6.45) is 10.4. The smallest absolute Gasteiger partial charge is 0.323 e. The number of aryl methyl sites for hydroxylation is 1. The number of rotatable bonds is 10. The molecule has 0 atom stereocenters. The van der Waals surface area contributed by atoms with Crippen molar-refractivity contribution in [1.29, 1.82) is 5.26 Å². The minimum absolute atomic E-state index is 0.0139. The van der Waals surface area contributed by atoms with Crippen LogP contribution in [0.2, 0.25) is 0 Å². The number of hydrogen-bond acceptors (Lipinski definition) is 9. The molecule has 1 aromatic carbocycles. The zero-order valence-electron chi connectivity index (χ0n) is 24.7. The number of carbonyl (C=O) groups is 1. The van der Waals surface area contributed by atoms with Crippen molar-refractivity contribution in [3.05, 3.63) is 78.4 Å². The number of nitrogens with zero attached hydrogens (tertiary/aromatic N) is 7. The van der Waals surface area contributed by atoms with Crippen LogP contribution in [0, 0.1) is 17.2 Å². The summed E-state index contributed by atoms with van der Waals surface area (Å²) in [4.78, 5) is 29.2. The molecule has 11 nitrogen and oxygen atoms in total. The van der Waals surface area contributed by atoms with Crippen LogP contribution < -0.4 is 20.9 Å². The third-order valence-corrected chi connectivity index (χ3v) is 9.52. The summed E-state index contributed by atoms with van der Waals surface area (Å²) in [6, 6.07) is 16.0. The normalized spacial score (nSPS) is 18.1. The van der Waals surface area contributed by atoms with Gasteiger partial charge >= 0.3 is 6.03 Å². The van der Waals surface area contributed by atoms with Crippen molar-refractivity contribution in [3.8, 4) is 17.2 Å². The summed E-state index contributed by atoms with van der Waals surface area (Å²) in [6.45, 7) is 1.25. The number of urea groups is 1. The molecule has 0 unspecified atom stereocenters. The molecule has 4 heterocycles. The molecule has 1 saturated heterocycles. The second-order valence-electron chi connectivity index (χ2n) is 11.3. The van der Waals surface area contributed by atoms with Crippen LogP contribution in [0.1, 0.15) is 36.8 Å². The largest absolute Gasteiger partial charge is 0.368 e. The van der Waals surface area contributed by atoms with Crippen LogP contribution in [-0.2, 0) is 13.6 Å². The first-order chi connectivity index (χ1) is 21.6. The highest BCUT2D eigenvalue weighted by Gasteiger charge is 2.31. The lowest BCUT2D eigenvalue weighted by Gasteiger charge is -2.36. The van der Waals surface area contributed by atoms with Crippen LogP contribution in [-0.4, -0.2) is 60.9 Å². The first-order valence-electron chi connectivity index (χ1n) is 15.0. The highest BCUT2D eigenvalue weighted by molar-refractivity contribution is 8.00. The van der Waals surface area contributed by atoms with Crippen LogP contribution in [0.25, 0.3) is 11.1 Å². The van der Waals surface area contributed by atoms with E-state index in [2.05, 4.69) is 37.1 Å². The summed E-state index contributed by atoms with van der Waals surface area (Å²) < 4.78 is 1.76.